The number of halogens is 1. The van der Waals surface area contributed by atoms with E-state index < -0.39 is 18.0 Å². The molecule has 3 heterocycles. The molecule has 0 radical (unpaired) electrons. The van der Waals surface area contributed by atoms with Crippen LogP contribution in [0.25, 0.3) is 10.9 Å². The molecule has 1 atom stereocenters. The molecular formula is C16H15BrN4O3. The third kappa shape index (κ3) is 2.56. The number of carbonyl (C=O) groups excluding carboxylic acids is 3. The standard InChI is InChI=1S/C16H15BrN4O3/c17-8-1-2-11-9(5-8)10-7-21(4-3-12(10)18-11)14(22)6-13-15(23)20-16(24)19-13/h1-2,5,13,18H,3-4,6-7H2,(H2,19,20,23,24). The molecule has 1 aromatic carbocycles. The molecule has 2 aromatic rings. The summed E-state index contributed by atoms with van der Waals surface area (Å²) >= 11 is 3.48. The molecule has 0 saturated carbocycles. The van der Waals surface area contributed by atoms with Crippen molar-refractivity contribution < 1.29 is 14.4 Å². The van der Waals surface area contributed by atoms with Crippen molar-refractivity contribution in [3.05, 3.63) is 33.9 Å². The SMILES string of the molecule is O=C1NC(=O)C(CC(=O)N2CCc3[nH]c4ccc(Br)cc4c3C2)N1. The minimum absolute atomic E-state index is 0.0149. The lowest BCUT2D eigenvalue weighted by Crippen LogP contribution is -2.41. The highest BCUT2D eigenvalue weighted by Crippen LogP contribution is 2.30. The van der Waals surface area contributed by atoms with E-state index in [1.54, 1.807) is 4.90 Å². The predicted molar refractivity (Wildman–Crippen MR) is 90.2 cm³/mol. The number of aromatic amines is 1. The number of carbonyl (C=O) groups is 3. The molecule has 1 saturated heterocycles. The number of urea groups is 1. The molecule has 2 aliphatic heterocycles. The first-order valence-corrected chi connectivity index (χ1v) is 8.48. The third-order valence-corrected chi connectivity index (χ3v) is 5.02. The van der Waals surface area contributed by atoms with Gasteiger partial charge in [-0.3, -0.25) is 14.9 Å². The number of nitrogens with one attached hydrogen (secondary N) is 3. The fourth-order valence-corrected chi connectivity index (χ4v) is 3.67. The van der Waals surface area contributed by atoms with Crippen LogP contribution in [0.2, 0.25) is 0 Å². The van der Waals surface area contributed by atoms with Crippen LogP contribution in [0.1, 0.15) is 17.7 Å². The zero-order valence-electron chi connectivity index (χ0n) is 12.7. The molecule has 1 fully saturated rings. The lowest BCUT2D eigenvalue weighted by molar-refractivity contribution is -0.134. The second-order valence-electron chi connectivity index (χ2n) is 6.06. The fraction of sp³-hybridized carbons (Fsp3) is 0.312. The van der Waals surface area contributed by atoms with Crippen LogP contribution in [0.15, 0.2) is 22.7 Å². The van der Waals surface area contributed by atoms with Crippen molar-refractivity contribution in [3.63, 3.8) is 0 Å². The maximum Gasteiger partial charge on any atom is 0.322 e. The van der Waals surface area contributed by atoms with E-state index in [0.717, 1.165) is 33.1 Å². The van der Waals surface area contributed by atoms with Crippen molar-refractivity contribution in [2.24, 2.45) is 0 Å². The van der Waals surface area contributed by atoms with Gasteiger partial charge in [-0.2, -0.15) is 0 Å². The van der Waals surface area contributed by atoms with Crippen LogP contribution in [-0.4, -0.2) is 40.3 Å². The number of hydrogen-bond acceptors (Lipinski definition) is 3. The van der Waals surface area contributed by atoms with E-state index in [4.69, 9.17) is 0 Å². The van der Waals surface area contributed by atoms with Crippen molar-refractivity contribution in [2.75, 3.05) is 6.54 Å². The predicted octanol–water partition coefficient (Wildman–Crippen LogP) is 1.41. The molecule has 8 heteroatoms. The first-order valence-electron chi connectivity index (χ1n) is 7.69. The minimum Gasteiger partial charge on any atom is -0.358 e. The Kier molecular flexibility index (Phi) is 3.56. The summed E-state index contributed by atoms with van der Waals surface area (Å²) in [5.74, 6) is -0.575. The van der Waals surface area contributed by atoms with E-state index in [1.165, 1.54) is 0 Å². The van der Waals surface area contributed by atoms with E-state index in [0.29, 0.717) is 13.1 Å². The molecular weight excluding hydrogens is 376 g/mol. The summed E-state index contributed by atoms with van der Waals surface area (Å²) in [7, 11) is 0. The van der Waals surface area contributed by atoms with Crippen molar-refractivity contribution >= 4 is 44.7 Å². The lowest BCUT2D eigenvalue weighted by Gasteiger charge is -2.28. The number of aromatic nitrogens is 1. The van der Waals surface area contributed by atoms with Crippen molar-refractivity contribution in [3.8, 4) is 0 Å². The zero-order valence-corrected chi connectivity index (χ0v) is 14.3. The summed E-state index contributed by atoms with van der Waals surface area (Å²) in [6, 6.07) is 4.73. The summed E-state index contributed by atoms with van der Waals surface area (Å²) in [5.41, 5.74) is 3.32. The molecule has 0 aliphatic carbocycles. The maximum absolute atomic E-state index is 12.5. The van der Waals surface area contributed by atoms with Gasteiger partial charge in [-0.25, -0.2) is 4.79 Å². The topological polar surface area (TPSA) is 94.3 Å². The number of benzene rings is 1. The fourth-order valence-electron chi connectivity index (χ4n) is 3.31. The molecule has 4 rings (SSSR count). The first kappa shape index (κ1) is 15.2. The van der Waals surface area contributed by atoms with Crippen LogP contribution >= 0.6 is 15.9 Å². The lowest BCUT2D eigenvalue weighted by atomic mass is 10.0. The number of imide groups is 1. The first-order chi connectivity index (χ1) is 11.5. The number of nitrogens with zero attached hydrogens (tertiary/aromatic N) is 1. The van der Waals surface area contributed by atoms with Gasteiger partial charge in [0.05, 0.1) is 6.42 Å². The molecule has 1 aromatic heterocycles. The van der Waals surface area contributed by atoms with E-state index in [1.807, 2.05) is 18.2 Å². The second kappa shape index (κ2) is 5.62. The smallest absolute Gasteiger partial charge is 0.322 e. The monoisotopic (exact) mass is 390 g/mol. The molecule has 4 amide bonds. The molecule has 1 unspecified atom stereocenters. The highest BCUT2D eigenvalue weighted by molar-refractivity contribution is 9.10. The Balaban J connectivity index is 1.54. The van der Waals surface area contributed by atoms with Crippen LogP contribution in [-0.2, 0) is 22.6 Å². The Morgan fingerprint density at radius 2 is 2.17 bits per heavy atom. The molecule has 7 nitrogen and oxygen atoms in total. The van der Waals surface area contributed by atoms with Gasteiger partial charge >= 0.3 is 6.03 Å². The van der Waals surface area contributed by atoms with Gasteiger partial charge in [0, 0.05) is 46.1 Å². The van der Waals surface area contributed by atoms with Crippen LogP contribution < -0.4 is 10.6 Å². The van der Waals surface area contributed by atoms with Crippen molar-refractivity contribution in [1.29, 1.82) is 0 Å². The maximum atomic E-state index is 12.5. The van der Waals surface area contributed by atoms with E-state index >= 15 is 0 Å². The minimum atomic E-state index is -0.775. The van der Waals surface area contributed by atoms with Crippen molar-refractivity contribution in [2.45, 2.75) is 25.4 Å². The Bertz CT molecular complexity index is 876. The summed E-state index contributed by atoms with van der Waals surface area (Å²) < 4.78 is 0.991. The Hall–Kier alpha value is -2.35. The van der Waals surface area contributed by atoms with Gasteiger partial charge in [0.1, 0.15) is 6.04 Å². The average molecular weight is 391 g/mol. The van der Waals surface area contributed by atoms with E-state index in [-0.39, 0.29) is 12.3 Å². The number of rotatable bonds is 2. The van der Waals surface area contributed by atoms with Crippen LogP contribution in [0.4, 0.5) is 4.79 Å². The van der Waals surface area contributed by atoms with Gasteiger partial charge in [-0.15, -0.1) is 0 Å². The molecule has 24 heavy (non-hydrogen) atoms. The Morgan fingerprint density at radius 3 is 2.92 bits per heavy atom. The van der Waals surface area contributed by atoms with Gasteiger partial charge in [-0.1, -0.05) is 15.9 Å². The van der Waals surface area contributed by atoms with Gasteiger partial charge in [0.25, 0.3) is 5.91 Å². The molecule has 2 aliphatic rings. The van der Waals surface area contributed by atoms with Gasteiger partial charge in [0.2, 0.25) is 5.91 Å². The molecule has 3 N–H and O–H groups in total. The quantitative estimate of drug-likeness (QED) is 0.676. The summed E-state index contributed by atoms with van der Waals surface area (Å²) in [6.07, 6.45) is 0.732. The second-order valence-corrected chi connectivity index (χ2v) is 6.97. The highest BCUT2D eigenvalue weighted by Gasteiger charge is 2.33. The summed E-state index contributed by atoms with van der Waals surface area (Å²) in [4.78, 5) is 40.4. The van der Waals surface area contributed by atoms with E-state index in [2.05, 4.69) is 31.5 Å². The van der Waals surface area contributed by atoms with Crippen LogP contribution in [0, 0.1) is 0 Å². The average Bonchev–Trinajstić information content (AvgIpc) is 3.06. The number of amides is 4. The van der Waals surface area contributed by atoms with E-state index in [9.17, 15) is 14.4 Å². The van der Waals surface area contributed by atoms with Gasteiger partial charge in [0.15, 0.2) is 0 Å². The van der Waals surface area contributed by atoms with Crippen molar-refractivity contribution in [1.82, 2.24) is 20.5 Å². The third-order valence-electron chi connectivity index (χ3n) is 4.53. The normalized spacial score (nSPS) is 20.0. The Morgan fingerprint density at radius 1 is 1.33 bits per heavy atom. The zero-order chi connectivity index (χ0) is 16.8. The number of H-pyrrole nitrogens is 1. The number of hydrogen-bond donors (Lipinski definition) is 3. The van der Waals surface area contributed by atoms with Gasteiger partial charge in [-0.05, 0) is 18.2 Å². The summed E-state index contributed by atoms with van der Waals surface area (Å²) in [6.45, 7) is 1.11. The van der Waals surface area contributed by atoms with Crippen LogP contribution in [0.5, 0.6) is 0 Å². The molecule has 124 valence electrons. The highest BCUT2D eigenvalue weighted by atomic mass is 79.9. The summed E-state index contributed by atoms with van der Waals surface area (Å²) in [5, 5.41) is 5.71. The largest absolute Gasteiger partial charge is 0.358 e. The number of fused-ring (bicyclic) bond motifs is 3. The van der Waals surface area contributed by atoms with Gasteiger partial charge < -0.3 is 15.2 Å². The van der Waals surface area contributed by atoms with Crippen LogP contribution in [0.3, 0.4) is 0 Å². The Labute approximate surface area is 145 Å². The molecule has 0 spiro atoms. The molecule has 0 bridgehead atoms.